The number of anilines is 3. The van der Waals surface area contributed by atoms with Gasteiger partial charge in [0.25, 0.3) is 0 Å². The zero-order valence-electron chi connectivity index (χ0n) is 16.2. The van der Waals surface area contributed by atoms with Crippen molar-refractivity contribution in [1.29, 1.82) is 0 Å². The monoisotopic (exact) mass is 378 g/mol. The molecule has 2 aromatic carbocycles. The van der Waals surface area contributed by atoms with Gasteiger partial charge in [0.05, 0.1) is 0 Å². The molecule has 1 N–H and O–H groups in total. The second-order valence-corrected chi connectivity index (χ2v) is 7.48. The van der Waals surface area contributed by atoms with E-state index in [0.717, 1.165) is 37.6 Å². The van der Waals surface area contributed by atoms with Crippen molar-refractivity contribution in [3.8, 4) is 0 Å². The third-order valence-corrected chi connectivity index (χ3v) is 5.55. The van der Waals surface area contributed by atoms with Crippen LogP contribution in [-0.4, -0.2) is 56.0 Å². The van der Waals surface area contributed by atoms with Gasteiger partial charge in [0.2, 0.25) is 11.8 Å². The molecule has 6 heteroatoms. The Hall–Kier alpha value is -2.86. The molecule has 2 fully saturated rings. The molecule has 0 spiro atoms. The highest BCUT2D eigenvalue weighted by molar-refractivity contribution is 6.07. The number of hydrogen-bond acceptors (Lipinski definition) is 4. The van der Waals surface area contributed by atoms with Crippen LogP contribution >= 0.6 is 0 Å². The van der Waals surface area contributed by atoms with Crippen LogP contribution in [0.25, 0.3) is 0 Å². The minimum absolute atomic E-state index is 0.00300. The lowest BCUT2D eigenvalue weighted by molar-refractivity contribution is -0.120. The minimum atomic E-state index is -0.466. The molecular weight excluding hydrogens is 352 g/mol. The summed E-state index contributed by atoms with van der Waals surface area (Å²) in [5.41, 5.74) is 2.71. The van der Waals surface area contributed by atoms with Gasteiger partial charge in [-0.3, -0.25) is 14.5 Å². The zero-order chi connectivity index (χ0) is 19.5. The van der Waals surface area contributed by atoms with E-state index < -0.39 is 6.04 Å². The van der Waals surface area contributed by atoms with Crippen molar-refractivity contribution in [3.05, 3.63) is 54.6 Å². The van der Waals surface area contributed by atoms with Crippen LogP contribution in [0.15, 0.2) is 54.6 Å². The molecule has 0 saturated carbocycles. The summed E-state index contributed by atoms with van der Waals surface area (Å²) in [5, 5.41) is 2.98. The summed E-state index contributed by atoms with van der Waals surface area (Å²) in [7, 11) is 2.14. The number of nitrogens with one attached hydrogen (secondary N) is 1. The van der Waals surface area contributed by atoms with E-state index in [1.807, 2.05) is 42.5 Å². The predicted molar refractivity (Wildman–Crippen MR) is 112 cm³/mol. The molecule has 1 unspecified atom stereocenters. The quantitative estimate of drug-likeness (QED) is 0.889. The number of benzene rings is 2. The third kappa shape index (κ3) is 3.87. The van der Waals surface area contributed by atoms with Crippen molar-refractivity contribution in [1.82, 2.24) is 4.90 Å². The van der Waals surface area contributed by atoms with E-state index in [9.17, 15) is 9.59 Å². The van der Waals surface area contributed by atoms with Gasteiger partial charge in [-0.15, -0.1) is 0 Å². The Balaban J connectivity index is 1.42. The molecule has 0 aliphatic carbocycles. The van der Waals surface area contributed by atoms with Crippen LogP contribution in [-0.2, 0) is 9.59 Å². The molecule has 1 atom stereocenters. The number of carbonyl (C=O) groups is 2. The molecule has 2 saturated heterocycles. The standard InChI is InChI=1S/C22H26N4O2/c1-24-13-15-25(16-14-24)18-9-7-17(8-10-18)23-22(28)20-11-12-21(27)26(20)19-5-3-2-4-6-19/h2-10,20H,11-16H2,1H3,(H,23,28). The van der Waals surface area contributed by atoms with Crippen LogP contribution in [0.1, 0.15) is 12.8 Å². The largest absolute Gasteiger partial charge is 0.369 e. The van der Waals surface area contributed by atoms with Gasteiger partial charge in [-0.05, 0) is 49.9 Å². The zero-order valence-corrected chi connectivity index (χ0v) is 16.2. The smallest absolute Gasteiger partial charge is 0.247 e. The number of piperazine rings is 1. The molecule has 6 nitrogen and oxygen atoms in total. The van der Waals surface area contributed by atoms with Crippen molar-refractivity contribution in [2.75, 3.05) is 48.3 Å². The van der Waals surface area contributed by atoms with E-state index in [0.29, 0.717) is 12.8 Å². The summed E-state index contributed by atoms with van der Waals surface area (Å²) < 4.78 is 0. The lowest BCUT2D eigenvalue weighted by atomic mass is 10.1. The Morgan fingerprint density at radius 2 is 1.61 bits per heavy atom. The molecule has 2 aromatic rings. The highest BCUT2D eigenvalue weighted by Gasteiger charge is 2.37. The molecule has 28 heavy (non-hydrogen) atoms. The highest BCUT2D eigenvalue weighted by Crippen LogP contribution is 2.27. The van der Waals surface area contributed by atoms with Crippen molar-refractivity contribution < 1.29 is 9.59 Å². The Morgan fingerprint density at radius 1 is 0.929 bits per heavy atom. The maximum absolute atomic E-state index is 12.8. The summed E-state index contributed by atoms with van der Waals surface area (Å²) in [6.07, 6.45) is 0.939. The van der Waals surface area contributed by atoms with E-state index in [-0.39, 0.29) is 11.8 Å². The van der Waals surface area contributed by atoms with Gasteiger partial charge in [0.15, 0.2) is 0 Å². The Kier molecular flexibility index (Phi) is 5.30. The first-order valence-electron chi connectivity index (χ1n) is 9.83. The number of nitrogens with zero attached hydrogens (tertiary/aromatic N) is 3. The van der Waals surface area contributed by atoms with E-state index in [1.165, 1.54) is 5.69 Å². The van der Waals surface area contributed by atoms with E-state index in [2.05, 4.69) is 34.3 Å². The number of amides is 2. The molecule has 146 valence electrons. The predicted octanol–water partition coefficient (Wildman–Crippen LogP) is 2.57. The summed E-state index contributed by atoms with van der Waals surface area (Å²) in [4.78, 5) is 31.5. The fraction of sp³-hybridized carbons (Fsp3) is 0.364. The fourth-order valence-corrected chi connectivity index (χ4v) is 3.89. The highest BCUT2D eigenvalue weighted by atomic mass is 16.2. The SMILES string of the molecule is CN1CCN(c2ccc(NC(=O)C3CCC(=O)N3c3ccccc3)cc2)CC1. The number of likely N-dealkylation sites (N-methyl/N-ethyl adjacent to an activating group) is 1. The first kappa shape index (κ1) is 18.5. The molecule has 0 bridgehead atoms. The van der Waals surface area contributed by atoms with E-state index >= 15 is 0 Å². The third-order valence-electron chi connectivity index (χ3n) is 5.55. The van der Waals surface area contributed by atoms with Gasteiger partial charge in [-0.2, -0.15) is 0 Å². The molecule has 0 radical (unpaired) electrons. The second kappa shape index (κ2) is 8.02. The molecule has 2 aliphatic heterocycles. The van der Waals surface area contributed by atoms with Gasteiger partial charge in [0.1, 0.15) is 6.04 Å². The molecule has 4 rings (SSSR count). The van der Waals surface area contributed by atoms with Gasteiger partial charge in [-0.25, -0.2) is 0 Å². The van der Waals surface area contributed by atoms with Crippen LogP contribution in [0, 0.1) is 0 Å². The van der Waals surface area contributed by atoms with Gasteiger partial charge in [-0.1, -0.05) is 18.2 Å². The van der Waals surface area contributed by atoms with Crippen LogP contribution in [0.3, 0.4) is 0 Å². The fourth-order valence-electron chi connectivity index (χ4n) is 3.89. The lowest BCUT2D eigenvalue weighted by Crippen LogP contribution is -2.44. The number of carbonyl (C=O) groups excluding carboxylic acids is 2. The molecule has 2 heterocycles. The van der Waals surface area contributed by atoms with E-state index in [4.69, 9.17) is 0 Å². The van der Waals surface area contributed by atoms with E-state index in [1.54, 1.807) is 4.90 Å². The van der Waals surface area contributed by atoms with Crippen LogP contribution in [0.2, 0.25) is 0 Å². The lowest BCUT2D eigenvalue weighted by Gasteiger charge is -2.34. The Bertz CT molecular complexity index is 829. The van der Waals surface area contributed by atoms with Crippen molar-refractivity contribution in [2.24, 2.45) is 0 Å². The number of para-hydroxylation sites is 1. The topological polar surface area (TPSA) is 55.9 Å². The maximum Gasteiger partial charge on any atom is 0.247 e. The Morgan fingerprint density at radius 3 is 2.29 bits per heavy atom. The average Bonchev–Trinajstić information content (AvgIpc) is 3.11. The first-order chi connectivity index (χ1) is 13.6. The summed E-state index contributed by atoms with van der Waals surface area (Å²) >= 11 is 0. The molecular formula is C22H26N4O2. The maximum atomic E-state index is 12.8. The summed E-state index contributed by atoms with van der Waals surface area (Å²) in [5.74, 6) is -0.140. The average molecular weight is 378 g/mol. The minimum Gasteiger partial charge on any atom is -0.369 e. The Labute approximate surface area is 165 Å². The summed E-state index contributed by atoms with van der Waals surface area (Å²) in [6, 6.07) is 16.9. The van der Waals surface area contributed by atoms with Gasteiger partial charge in [0, 0.05) is 49.7 Å². The van der Waals surface area contributed by atoms with Crippen molar-refractivity contribution in [2.45, 2.75) is 18.9 Å². The summed E-state index contributed by atoms with van der Waals surface area (Å²) in [6.45, 7) is 4.14. The van der Waals surface area contributed by atoms with Gasteiger partial charge >= 0.3 is 0 Å². The first-order valence-corrected chi connectivity index (χ1v) is 9.83. The molecule has 0 aromatic heterocycles. The number of rotatable bonds is 4. The van der Waals surface area contributed by atoms with Crippen LogP contribution < -0.4 is 15.1 Å². The number of hydrogen-bond donors (Lipinski definition) is 1. The second-order valence-electron chi connectivity index (χ2n) is 7.48. The van der Waals surface area contributed by atoms with Crippen LogP contribution in [0.5, 0.6) is 0 Å². The van der Waals surface area contributed by atoms with Crippen molar-refractivity contribution >= 4 is 28.9 Å². The van der Waals surface area contributed by atoms with Crippen molar-refractivity contribution in [3.63, 3.8) is 0 Å². The normalized spacial score (nSPS) is 20.5. The van der Waals surface area contributed by atoms with Gasteiger partial charge < -0.3 is 15.1 Å². The molecule has 2 amide bonds. The van der Waals surface area contributed by atoms with Crippen LogP contribution in [0.4, 0.5) is 17.1 Å². The molecule has 2 aliphatic rings.